The SMILES string of the molecule is c1ccc(-c2ccccc2N(c2ccc(-c3cccc(-c4ccc5c(c4)c4ccccc4n5-c4ccccc4)c3)cc2)c2ccc3c(c2)oc2c4ccccc4ccc32)cc1. The number of nitrogens with zero attached hydrogens (tertiary/aromatic N) is 2. The Kier molecular flexibility index (Phi) is 8.17. The van der Waals surface area contributed by atoms with Crippen LogP contribution >= 0.6 is 0 Å². The van der Waals surface area contributed by atoms with Crippen molar-refractivity contribution in [1.82, 2.24) is 4.57 Å². The summed E-state index contributed by atoms with van der Waals surface area (Å²) in [6.07, 6.45) is 0. The van der Waals surface area contributed by atoms with Crippen LogP contribution in [-0.4, -0.2) is 4.57 Å². The summed E-state index contributed by atoms with van der Waals surface area (Å²) in [6, 6.07) is 82.8. The fourth-order valence-electron chi connectivity index (χ4n) is 9.28. The predicted molar refractivity (Wildman–Crippen MR) is 257 cm³/mol. The molecule has 0 aliphatic heterocycles. The lowest BCUT2D eigenvalue weighted by molar-refractivity contribution is 0.672. The molecule has 0 unspecified atom stereocenters. The first-order valence-electron chi connectivity index (χ1n) is 20.8. The second-order valence-electron chi connectivity index (χ2n) is 15.7. The molecule has 12 aromatic rings. The Morgan fingerprint density at radius 1 is 0.344 bits per heavy atom. The van der Waals surface area contributed by atoms with Crippen molar-refractivity contribution in [3.8, 4) is 39.1 Å². The van der Waals surface area contributed by atoms with Crippen LogP contribution in [-0.2, 0) is 0 Å². The maximum Gasteiger partial charge on any atom is 0.143 e. The number of rotatable bonds is 7. The topological polar surface area (TPSA) is 21.3 Å². The third-order valence-corrected chi connectivity index (χ3v) is 12.2. The second kappa shape index (κ2) is 14.3. The zero-order valence-electron chi connectivity index (χ0n) is 33.2. The van der Waals surface area contributed by atoms with Crippen molar-refractivity contribution in [1.29, 1.82) is 0 Å². The van der Waals surface area contributed by atoms with Crippen molar-refractivity contribution in [2.24, 2.45) is 0 Å². The first-order valence-corrected chi connectivity index (χ1v) is 20.8. The summed E-state index contributed by atoms with van der Waals surface area (Å²) < 4.78 is 9.07. The van der Waals surface area contributed by atoms with Crippen molar-refractivity contribution in [2.45, 2.75) is 0 Å². The lowest BCUT2D eigenvalue weighted by Gasteiger charge is -2.28. The smallest absolute Gasteiger partial charge is 0.143 e. The molecule has 0 N–H and O–H groups in total. The molecule has 10 aromatic carbocycles. The number of benzene rings is 10. The van der Waals surface area contributed by atoms with Gasteiger partial charge in [-0.3, -0.25) is 0 Å². The largest absolute Gasteiger partial charge is 0.455 e. The summed E-state index contributed by atoms with van der Waals surface area (Å²) in [5.74, 6) is 0. The quantitative estimate of drug-likeness (QED) is 0.161. The van der Waals surface area contributed by atoms with E-state index >= 15 is 0 Å². The van der Waals surface area contributed by atoms with Crippen LogP contribution in [0.5, 0.6) is 0 Å². The highest BCUT2D eigenvalue weighted by atomic mass is 16.3. The van der Waals surface area contributed by atoms with E-state index in [-0.39, 0.29) is 0 Å². The van der Waals surface area contributed by atoms with Crippen LogP contribution in [0, 0.1) is 0 Å². The van der Waals surface area contributed by atoms with Gasteiger partial charge in [-0.15, -0.1) is 0 Å². The molecule has 0 bridgehead atoms. The van der Waals surface area contributed by atoms with Crippen LogP contribution in [0.1, 0.15) is 0 Å². The van der Waals surface area contributed by atoms with Gasteiger partial charge in [0.2, 0.25) is 0 Å². The van der Waals surface area contributed by atoms with Gasteiger partial charge in [-0.1, -0.05) is 152 Å². The predicted octanol–water partition coefficient (Wildman–Crippen LogP) is 16.3. The number of hydrogen-bond donors (Lipinski definition) is 0. The van der Waals surface area contributed by atoms with E-state index in [4.69, 9.17) is 4.42 Å². The van der Waals surface area contributed by atoms with Crippen LogP contribution in [0.3, 0.4) is 0 Å². The monoisotopic (exact) mass is 778 g/mol. The molecule has 0 amide bonds. The Labute approximate surface area is 353 Å². The van der Waals surface area contributed by atoms with E-state index in [0.29, 0.717) is 0 Å². The van der Waals surface area contributed by atoms with Gasteiger partial charge in [0.05, 0.1) is 16.7 Å². The molecule has 0 aliphatic rings. The highest BCUT2D eigenvalue weighted by molar-refractivity contribution is 6.15. The molecular formula is C58H38N2O. The van der Waals surface area contributed by atoms with E-state index in [1.54, 1.807) is 0 Å². The minimum Gasteiger partial charge on any atom is -0.455 e. The number of furan rings is 1. The Bertz CT molecular complexity index is 3580. The van der Waals surface area contributed by atoms with Crippen molar-refractivity contribution in [2.75, 3.05) is 4.90 Å². The molecule has 0 aliphatic carbocycles. The van der Waals surface area contributed by atoms with Gasteiger partial charge in [0.15, 0.2) is 0 Å². The molecule has 0 atom stereocenters. The molecule has 0 spiro atoms. The van der Waals surface area contributed by atoms with Gasteiger partial charge in [-0.25, -0.2) is 0 Å². The fourth-order valence-corrected chi connectivity index (χ4v) is 9.28. The number of para-hydroxylation sites is 3. The summed E-state index contributed by atoms with van der Waals surface area (Å²) in [6.45, 7) is 0. The van der Waals surface area contributed by atoms with Crippen LogP contribution in [0.25, 0.3) is 93.6 Å². The van der Waals surface area contributed by atoms with Gasteiger partial charge < -0.3 is 13.9 Å². The normalized spacial score (nSPS) is 11.6. The molecule has 0 saturated heterocycles. The van der Waals surface area contributed by atoms with E-state index in [9.17, 15) is 0 Å². The average molecular weight is 779 g/mol. The van der Waals surface area contributed by atoms with Crippen molar-refractivity contribution in [3.63, 3.8) is 0 Å². The lowest BCUT2D eigenvalue weighted by atomic mass is 9.97. The lowest BCUT2D eigenvalue weighted by Crippen LogP contribution is -2.11. The van der Waals surface area contributed by atoms with E-state index < -0.39 is 0 Å². The second-order valence-corrected chi connectivity index (χ2v) is 15.7. The van der Waals surface area contributed by atoms with Gasteiger partial charge in [0.1, 0.15) is 11.2 Å². The molecule has 286 valence electrons. The number of aromatic nitrogens is 1. The molecule has 2 aromatic heterocycles. The van der Waals surface area contributed by atoms with E-state index in [2.05, 4.69) is 240 Å². The molecular weight excluding hydrogens is 741 g/mol. The Balaban J connectivity index is 0.949. The van der Waals surface area contributed by atoms with E-state index in [1.165, 1.54) is 43.9 Å². The van der Waals surface area contributed by atoms with Crippen molar-refractivity contribution in [3.05, 3.63) is 231 Å². The summed E-state index contributed by atoms with van der Waals surface area (Å²) in [5.41, 5.74) is 15.6. The van der Waals surface area contributed by atoms with Crippen LogP contribution < -0.4 is 4.90 Å². The maximum absolute atomic E-state index is 6.71. The first kappa shape index (κ1) is 34.9. The van der Waals surface area contributed by atoms with Crippen molar-refractivity contribution < 1.29 is 4.42 Å². The Hall–Kier alpha value is -8.14. The minimum atomic E-state index is 0.863. The summed E-state index contributed by atoms with van der Waals surface area (Å²) >= 11 is 0. The zero-order chi connectivity index (χ0) is 40.3. The highest BCUT2D eigenvalue weighted by Gasteiger charge is 2.20. The fraction of sp³-hybridized carbons (Fsp3) is 0. The molecule has 3 heteroatoms. The first-order chi connectivity index (χ1) is 30.2. The zero-order valence-corrected chi connectivity index (χ0v) is 33.2. The van der Waals surface area contributed by atoms with Gasteiger partial charge in [0, 0.05) is 55.6 Å². The molecule has 0 fully saturated rings. The number of fused-ring (bicyclic) bond motifs is 8. The molecule has 61 heavy (non-hydrogen) atoms. The maximum atomic E-state index is 6.71. The molecule has 0 saturated carbocycles. The van der Waals surface area contributed by atoms with E-state index in [0.717, 1.165) is 66.8 Å². The third-order valence-electron chi connectivity index (χ3n) is 12.2. The summed E-state index contributed by atoms with van der Waals surface area (Å²) in [4.78, 5) is 2.36. The van der Waals surface area contributed by atoms with Gasteiger partial charge >= 0.3 is 0 Å². The molecule has 3 nitrogen and oxygen atoms in total. The molecule has 12 rings (SSSR count). The van der Waals surface area contributed by atoms with Gasteiger partial charge in [-0.2, -0.15) is 0 Å². The number of anilines is 3. The van der Waals surface area contributed by atoms with Crippen molar-refractivity contribution >= 4 is 71.6 Å². The van der Waals surface area contributed by atoms with Crippen LogP contribution in [0.2, 0.25) is 0 Å². The van der Waals surface area contributed by atoms with Crippen LogP contribution in [0.15, 0.2) is 235 Å². The minimum absolute atomic E-state index is 0.863. The molecule has 2 heterocycles. The number of hydrogen-bond acceptors (Lipinski definition) is 2. The third kappa shape index (κ3) is 5.90. The van der Waals surface area contributed by atoms with Gasteiger partial charge in [-0.05, 0) is 106 Å². The van der Waals surface area contributed by atoms with Gasteiger partial charge in [0.25, 0.3) is 0 Å². The van der Waals surface area contributed by atoms with Crippen LogP contribution in [0.4, 0.5) is 17.1 Å². The Morgan fingerprint density at radius 3 is 1.82 bits per heavy atom. The summed E-state index contributed by atoms with van der Waals surface area (Å²) in [5, 5.41) is 7.03. The van der Waals surface area contributed by atoms with E-state index in [1.807, 2.05) is 0 Å². The summed E-state index contributed by atoms with van der Waals surface area (Å²) in [7, 11) is 0. The molecule has 0 radical (unpaired) electrons. The standard InChI is InChI=1S/C58H38N2O/c1-3-14-40(15-4-1)48-21-9-11-24-54(48)59(47-32-34-51-52-33-28-41-16-7-8-22-49(41)58(52)61-57(51)38-47)46-30-26-39(27-31-46)42-17-13-18-43(36-42)44-29-35-56-53(37-44)50-23-10-12-25-55(50)60(56)45-19-5-2-6-20-45/h1-38H. The average Bonchev–Trinajstić information content (AvgIpc) is 3.88. The Morgan fingerprint density at radius 2 is 0.967 bits per heavy atom. The highest BCUT2D eigenvalue weighted by Crippen LogP contribution is 2.44.